The average Bonchev–Trinajstić information content (AvgIpc) is 3.19. The third kappa shape index (κ3) is 3.87. The molecule has 24 heavy (non-hydrogen) atoms. The molecular weight excluding hydrogens is 435 g/mol. The van der Waals surface area contributed by atoms with E-state index in [-0.39, 0.29) is 5.69 Å². The fourth-order valence-corrected chi connectivity index (χ4v) is 3.72. The molecule has 2 N–H and O–H groups in total. The Morgan fingerprint density at radius 3 is 2.71 bits per heavy atom. The van der Waals surface area contributed by atoms with Gasteiger partial charge in [-0.25, -0.2) is 5.43 Å². The van der Waals surface area contributed by atoms with Crippen molar-refractivity contribution in [1.82, 2.24) is 15.6 Å². The van der Waals surface area contributed by atoms with Crippen molar-refractivity contribution in [3.63, 3.8) is 0 Å². The first-order chi connectivity index (χ1) is 11.5. The molecule has 0 spiro atoms. The maximum Gasteiger partial charge on any atom is 0.291 e. The van der Waals surface area contributed by atoms with E-state index in [9.17, 15) is 4.79 Å². The molecule has 3 aromatic rings. The second-order valence-electron chi connectivity index (χ2n) is 4.61. The Kier molecular flexibility index (Phi) is 5.35. The number of halogens is 3. The molecule has 0 bridgehead atoms. The lowest BCUT2D eigenvalue weighted by Crippen LogP contribution is -2.18. The number of hydrogen-bond donors (Lipinski definition) is 2. The highest BCUT2D eigenvalue weighted by molar-refractivity contribution is 9.11. The monoisotopic (exact) mass is 442 g/mol. The van der Waals surface area contributed by atoms with Crippen LogP contribution in [0, 0.1) is 0 Å². The van der Waals surface area contributed by atoms with E-state index in [1.54, 1.807) is 24.3 Å². The van der Waals surface area contributed by atoms with Gasteiger partial charge in [0.25, 0.3) is 5.91 Å². The number of benzene rings is 1. The van der Waals surface area contributed by atoms with Gasteiger partial charge in [-0.1, -0.05) is 29.3 Å². The zero-order chi connectivity index (χ0) is 17.1. The largest absolute Gasteiger partial charge is 0.291 e. The number of carbonyl (C=O) groups excluding carboxylic acids is 1. The summed E-state index contributed by atoms with van der Waals surface area (Å²) in [5.41, 5.74) is 3.92. The first-order valence-electron chi connectivity index (χ1n) is 6.63. The fraction of sp³-hybridized carbons (Fsp3) is 0. The fourth-order valence-electron chi connectivity index (χ4n) is 1.87. The van der Waals surface area contributed by atoms with Crippen molar-refractivity contribution < 1.29 is 4.79 Å². The number of hydrogen-bond acceptors (Lipinski definition) is 4. The van der Waals surface area contributed by atoms with E-state index < -0.39 is 5.91 Å². The van der Waals surface area contributed by atoms with Gasteiger partial charge in [0.15, 0.2) is 5.69 Å². The topological polar surface area (TPSA) is 70.1 Å². The smallest absolute Gasteiger partial charge is 0.276 e. The summed E-state index contributed by atoms with van der Waals surface area (Å²) in [6.07, 6.45) is 1.40. The van der Waals surface area contributed by atoms with Crippen molar-refractivity contribution >= 4 is 62.6 Å². The van der Waals surface area contributed by atoms with E-state index in [2.05, 4.69) is 36.7 Å². The molecule has 3 rings (SSSR count). The molecule has 2 heterocycles. The van der Waals surface area contributed by atoms with E-state index >= 15 is 0 Å². The maximum absolute atomic E-state index is 12.1. The molecule has 0 fully saturated rings. The Bertz CT molecular complexity index is 902. The summed E-state index contributed by atoms with van der Waals surface area (Å²) in [6, 6.07) is 10.6. The van der Waals surface area contributed by atoms with E-state index in [1.165, 1.54) is 17.6 Å². The predicted molar refractivity (Wildman–Crippen MR) is 101 cm³/mol. The molecule has 0 saturated heterocycles. The van der Waals surface area contributed by atoms with Crippen LogP contribution in [0.4, 0.5) is 0 Å². The number of nitrogens with zero attached hydrogens (tertiary/aromatic N) is 2. The SMILES string of the molecule is O=C(N/N=C\c1c(Cl)cccc1Cl)c1cc(-c2ccc(Br)s2)[nH]n1. The number of H-pyrrole nitrogens is 1. The van der Waals surface area contributed by atoms with Crippen LogP contribution in [0.2, 0.25) is 10.0 Å². The Morgan fingerprint density at radius 1 is 1.29 bits per heavy atom. The molecule has 0 aliphatic carbocycles. The summed E-state index contributed by atoms with van der Waals surface area (Å²) in [5, 5.41) is 11.6. The number of amides is 1. The van der Waals surface area contributed by atoms with Crippen molar-refractivity contribution in [2.24, 2.45) is 5.10 Å². The van der Waals surface area contributed by atoms with Crippen LogP contribution in [0.25, 0.3) is 10.6 Å². The molecular formula is C15H9BrCl2N4OS. The van der Waals surface area contributed by atoms with Crippen molar-refractivity contribution in [3.8, 4) is 10.6 Å². The van der Waals surface area contributed by atoms with Gasteiger partial charge in [-0.3, -0.25) is 9.89 Å². The van der Waals surface area contributed by atoms with Gasteiger partial charge in [0.2, 0.25) is 0 Å². The highest BCUT2D eigenvalue weighted by atomic mass is 79.9. The molecule has 0 aliphatic rings. The van der Waals surface area contributed by atoms with E-state index in [4.69, 9.17) is 23.2 Å². The van der Waals surface area contributed by atoms with Gasteiger partial charge in [-0.05, 0) is 46.3 Å². The van der Waals surface area contributed by atoms with Gasteiger partial charge < -0.3 is 0 Å². The molecule has 122 valence electrons. The third-order valence-electron chi connectivity index (χ3n) is 3.01. The Balaban J connectivity index is 1.70. The number of aromatic nitrogens is 2. The van der Waals surface area contributed by atoms with Crippen molar-refractivity contribution in [3.05, 3.63) is 61.5 Å². The Morgan fingerprint density at radius 2 is 2.04 bits per heavy atom. The van der Waals surface area contributed by atoms with Gasteiger partial charge in [0.1, 0.15) is 0 Å². The van der Waals surface area contributed by atoms with Crippen LogP contribution in [-0.2, 0) is 0 Å². The predicted octanol–water partition coefficient (Wildman–Crippen LogP) is 4.97. The zero-order valence-corrected chi connectivity index (χ0v) is 15.8. The lowest BCUT2D eigenvalue weighted by molar-refractivity contribution is 0.0950. The molecule has 2 aromatic heterocycles. The van der Waals surface area contributed by atoms with Gasteiger partial charge in [0, 0.05) is 5.56 Å². The normalized spacial score (nSPS) is 11.1. The van der Waals surface area contributed by atoms with Crippen LogP contribution >= 0.6 is 50.5 Å². The molecule has 0 radical (unpaired) electrons. The molecule has 0 aliphatic heterocycles. The van der Waals surface area contributed by atoms with Crippen LogP contribution < -0.4 is 5.43 Å². The molecule has 9 heteroatoms. The minimum absolute atomic E-state index is 0.233. The minimum Gasteiger partial charge on any atom is -0.276 e. The molecule has 1 aromatic carbocycles. The minimum atomic E-state index is -0.437. The van der Waals surface area contributed by atoms with Crippen molar-refractivity contribution in [2.45, 2.75) is 0 Å². The van der Waals surface area contributed by atoms with Gasteiger partial charge in [0.05, 0.1) is 30.6 Å². The zero-order valence-electron chi connectivity index (χ0n) is 11.9. The molecule has 5 nitrogen and oxygen atoms in total. The van der Waals surface area contributed by atoms with Gasteiger partial charge >= 0.3 is 0 Å². The average molecular weight is 444 g/mol. The molecule has 1 amide bonds. The second-order valence-corrected chi connectivity index (χ2v) is 7.88. The van der Waals surface area contributed by atoms with Gasteiger partial charge in [-0.2, -0.15) is 10.2 Å². The van der Waals surface area contributed by atoms with Crippen LogP contribution in [0.5, 0.6) is 0 Å². The van der Waals surface area contributed by atoms with Crippen molar-refractivity contribution in [1.29, 1.82) is 0 Å². The third-order valence-corrected chi connectivity index (χ3v) is 5.32. The van der Waals surface area contributed by atoms with Crippen LogP contribution in [-0.4, -0.2) is 22.3 Å². The number of hydrazone groups is 1. The molecule has 0 atom stereocenters. The number of carbonyl (C=O) groups is 1. The molecule has 0 unspecified atom stereocenters. The van der Waals surface area contributed by atoms with E-state index in [1.807, 2.05) is 12.1 Å². The van der Waals surface area contributed by atoms with E-state index in [0.29, 0.717) is 15.6 Å². The van der Waals surface area contributed by atoms with Crippen LogP contribution in [0.15, 0.2) is 45.3 Å². The quantitative estimate of drug-likeness (QED) is 0.441. The summed E-state index contributed by atoms with van der Waals surface area (Å²) in [4.78, 5) is 13.0. The second kappa shape index (κ2) is 7.48. The number of nitrogens with one attached hydrogen (secondary N) is 2. The first kappa shape index (κ1) is 17.2. The van der Waals surface area contributed by atoms with Crippen molar-refractivity contribution in [2.75, 3.05) is 0 Å². The van der Waals surface area contributed by atoms with E-state index in [0.717, 1.165) is 14.4 Å². The standard InChI is InChI=1S/C15H9BrCl2N4OS/c16-14-5-4-13(24-14)11-6-12(21-20-11)15(23)22-19-7-8-9(17)2-1-3-10(8)18/h1-7H,(H,20,21)(H,22,23)/b19-7-. The number of aromatic amines is 1. The summed E-state index contributed by atoms with van der Waals surface area (Å²) in [7, 11) is 0. The number of thiophene rings is 1. The van der Waals surface area contributed by atoms with Gasteiger partial charge in [-0.15, -0.1) is 11.3 Å². The highest BCUT2D eigenvalue weighted by Crippen LogP contribution is 2.30. The lowest BCUT2D eigenvalue weighted by atomic mass is 10.2. The summed E-state index contributed by atoms with van der Waals surface area (Å²) < 4.78 is 0.999. The number of rotatable bonds is 4. The maximum atomic E-state index is 12.1. The lowest BCUT2D eigenvalue weighted by Gasteiger charge is -2.00. The highest BCUT2D eigenvalue weighted by Gasteiger charge is 2.12. The van der Waals surface area contributed by atoms with Crippen LogP contribution in [0.1, 0.15) is 16.1 Å². The Labute approximate surface area is 159 Å². The first-order valence-corrected chi connectivity index (χ1v) is 8.99. The Hall–Kier alpha value is -1.67. The summed E-state index contributed by atoms with van der Waals surface area (Å²) in [5.74, 6) is -0.437. The summed E-state index contributed by atoms with van der Waals surface area (Å²) in [6.45, 7) is 0. The molecule has 0 saturated carbocycles. The van der Waals surface area contributed by atoms with Crippen LogP contribution in [0.3, 0.4) is 0 Å². The summed E-state index contributed by atoms with van der Waals surface area (Å²) >= 11 is 17.0.